The maximum atomic E-state index is 2.77. The van der Waals surface area contributed by atoms with E-state index in [0.717, 1.165) is 12.0 Å². The molecule has 0 spiro atoms. The van der Waals surface area contributed by atoms with Gasteiger partial charge in [0.2, 0.25) is 0 Å². The predicted octanol–water partition coefficient (Wildman–Crippen LogP) is 3.05. The van der Waals surface area contributed by atoms with Crippen molar-refractivity contribution in [1.29, 1.82) is 0 Å². The third kappa shape index (κ3) is 2.07. The van der Waals surface area contributed by atoms with E-state index < -0.39 is 0 Å². The minimum Gasteiger partial charge on any atom is -0.300 e. The highest BCUT2D eigenvalue weighted by atomic mass is 15.2. The van der Waals surface area contributed by atoms with Gasteiger partial charge in [-0.05, 0) is 51.1 Å². The lowest BCUT2D eigenvalue weighted by molar-refractivity contribution is 0.190. The van der Waals surface area contributed by atoms with E-state index in [-0.39, 0.29) is 0 Å². The maximum Gasteiger partial charge on any atom is 0.0123 e. The van der Waals surface area contributed by atoms with Crippen molar-refractivity contribution in [3.8, 4) is 0 Å². The van der Waals surface area contributed by atoms with Crippen molar-refractivity contribution in [2.45, 2.75) is 57.9 Å². The number of nitrogens with zero attached hydrogens (tertiary/aromatic N) is 1. The molecule has 2 fully saturated rings. The van der Waals surface area contributed by atoms with Crippen LogP contribution in [0.3, 0.4) is 0 Å². The van der Waals surface area contributed by atoms with Crippen LogP contribution in [-0.4, -0.2) is 24.0 Å². The van der Waals surface area contributed by atoms with Crippen molar-refractivity contribution in [2.24, 2.45) is 5.92 Å². The molecular formula is C12H23N. The van der Waals surface area contributed by atoms with Gasteiger partial charge in [0.15, 0.2) is 0 Å². The van der Waals surface area contributed by atoms with E-state index in [4.69, 9.17) is 0 Å². The van der Waals surface area contributed by atoms with E-state index >= 15 is 0 Å². The van der Waals surface area contributed by atoms with E-state index in [2.05, 4.69) is 11.8 Å². The predicted molar refractivity (Wildman–Crippen MR) is 56.8 cm³/mol. The Labute approximate surface area is 82.5 Å². The first-order valence-electron chi connectivity index (χ1n) is 6.16. The first-order chi connectivity index (χ1) is 6.42. The van der Waals surface area contributed by atoms with Crippen molar-refractivity contribution in [2.75, 3.05) is 13.1 Å². The molecule has 76 valence electrons. The number of hydrogen-bond donors (Lipinski definition) is 0. The van der Waals surface area contributed by atoms with Crippen LogP contribution in [0.4, 0.5) is 0 Å². The molecule has 0 N–H and O–H groups in total. The molecule has 1 aliphatic carbocycles. The Morgan fingerprint density at radius 1 is 1.08 bits per heavy atom. The average molecular weight is 181 g/mol. The lowest BCUT2D eigenvalue weighted by atomic mass is 9.97. The Morgan fingerprint density at radius 3 is 2.54 bits per heavy atom. The molecule has 0 aromatic carbocycles. The smallest absolute Gasteiger partial charge is 0.0123 e. The summed E-state index contributed by atoms with van der Waals surface area (Å²) in [7, 11) is 0. The fourth-order valence-corrected chi connectivity index (χ4v) is 3.28. The van der Waals surface area contributed by atoms with E-state index in [1.54, 1.807) is 0 Å². The number of rotatable bonds is 3. The van der Waals surface area contributed by atoms with Gasteiger partial charge in [0, 0.05) is 6.04 Å². The van der Waals surface area contributed by atoms with Gasteiger partial charge in [-0.2, -0.15) is 0 Å². The zero-order valence-corrected chi connectivity index (χ0v) is 8.97. The molecule has 1 heteroatoms. The van der Waals surface area contributed by atoms with Gasteiger partial charge in [-0.1, -0.05) is 19.8 Å². The molecule has 1 saturated carbocycles. The topological polar surface area (TPSA) is 3.24 Å². The molecular weight excluding hydrogens is 158 g/mol. The molecule has 2 atom stereocenters. The summed E-state index contributed by atoms with van der Waals surface area (Å²) in [5, 5.41) is 0. The second-order valence-electron chi connectivity index (χ2n) is 4.79. The minimum atomic E-state index is 0.974. The molecule has 0 amide bonds. The summed E-state index contributed by atoms with van der Waals surface area (Å²) in [5.41, 5.74) is 0. The number of hydrogen-bond acceptors (Lipinski definition) is 1. The van der Waals surface area contributed by atoms with Gasteiger partial charge in [0.1, 0.15) is 0 Å². The van der Waals surface area contributed by atoms with Gasteiger partial charge in [-0.15, -0.1) is 0 Å². The van der Waals surface area contributed by atoms with Crippen molar-refractivity contribution in [3.05, 3.63) is 0 Å². The number of likely N-dealkylation sites (tertiary alicyclic amines) is 1. The monoisotopic (exact) mass is 181 g/mol. The van der Waals surface area contributed by atoms with Crippen molar-refractivity contribution < 1.29 is 0 Å². The van der Waals surface area contributed by atoms with Gasteiger partial charge < -0.3 is 4.90 Å². The Bertz CT molecular complexity index is 149. The Kier molecular flexibility index (Phi) is 3.26. The lowest BCUT2D eigenvalue weighted by Crippen LogP contribution is -2.35. The molecule has 0 aromatic rings. The van der Waals surface area contributed by atoms with Crippen molar-refractivity contribution in [1.82, 2.24) is 4.90 Å². The van der Waals surface area contributed by atoms with Crippen molar-refractivity contribution in [3.63, 3.8) is 0 Å². The third-order valence-corrected chi connectivity index (χ3v) is 3.89. The molecule has 1 aliphatic heterocycles. The molecule has 0 aromatic heterocycles. The lowest BCUT2D eigenvalue weighted by Gasteiger charge is -2.28. The summed E-state index contributed by atoms with van der Waals surface area (Å²) < 4.78 is 0. The highest BCUT2D eigenvalue weighted by Gasteiger charge is 2.32. The summed E-state index contributed by atoms with van der Waals surface area (Å²) in [6, 6.07) is 0.974. The molecule has 1 heterocycles. The van der Waals surface area contributed by atoms with Gasteiger partial charge in [-0.25, -0.2) is 0 Å². The summed E-state index contributed by atoms with van der Waals surface area (Å²) in [6.45, 7) is 5.12. The molecule has 2 rings (SSSR count). The van der Waals surface area contributed by atoms with Crippen LogP contribution in [0.15, 0.2) is 0 Å². The fraction of sp³-hybridized carbons (Fsp3) is 1.00. The van der Waals surface area contributed by atoms with Crippen LogP contribution in [0.1, 0.15) is 51.9 Å². The molecule has 1 saturated heterocycles. The highest BCUT2D eigenvalue weighted by molar-refractivity contribution is 4.87. The Morgan fingerprint density at radius 2 is 1.85 bits per heavy atom. The van der Waals surface area contributed by atoms with Crippen LogP contribution in [0.5, 0.6) is 0 Å². The van der Waals surface area contributed by atoms with Crippen LogP contribution in [-0.2, 0) is 0 Å². The highest BCUT2D eigenvalue weighted by Crippen LogP contribution is 2.34. The van der Waals surface area contributed by atoms with Crippen LogP contribution < -0.4 is 0 Å². The zero-order chi connectivity index (χ0) is 9.10. The van der Waals surface area contributed by atoms with E-state index in [1.165, 1.54) is 58.0 Å². The van der Waals surface area contributed by atoms with E-state index in [0.29, 0.717) is 0 Å². The first kappa shape index (κ1) is 9.51. The third-order valence-electron chi connectivity index (χ3n) is 3.89. The Balaban J connectivity index is 1.88. The van der Waals surface area contributed by atoms with Crippen LogP contribution >= 0.6 is 0 Å². The normalized spacial score (nSPS) is 35.8. The Hall–Kier alpha value is -0.0400. The first-order valence-corrected chi connectivity index (χ1v) is 6.16. The maximum absolute atomic E-state index is 2.77. The van der Waals surface area contributed by atoms with E-state index in [9.17, 15) is 0 Å². The standard InChI is InChI=1S/C12H23N/c1-2-6-11-7-5-8-12(11)13-9-3-4-10-13/h11-12H,2-10H2,1H3. The minimum absolute atomic E-state index is 0.974. The molecule has 1 nitrogen and oxygen atoms in total. The second-order valence-corrected chi connectivity index (χ2v) is 4.79. The van der Waals surface area contributed by atoms with Gasteiger partial charge in [-0.3, -0.25) is 0 Å². The average Bonchev–Trinajstić information content (AvgIpc) is 2.71. The van der Waals surface area contributed by atoms with Gasteiger partial charge in [0.05, 0.1) is 0 Å². The quantitative estimate of drug-likeness (QED) is 0.647. The van der Waals surface area contributed by atoms with Gasteiger partial charge >= 0.3 is 0 Å². The SMILES string of the molecule is CCCC1CCCC1N1CCCC1. The van der Waals surface area contributed by atoms with Gasteiger partial charge in [0.25, 0.3) is 0 Å². The molecule has 2 unspecified atom stereocenters. The fourth-order valence-electron chi connectivity index (χ4n) is 3.28. The largest absolute Gasteiger partial charge is 0.300 e. The summed E-state index contributed by atoms with van der Waals surface area (Å²) in [4.78, 5) is 2.77. The van der Waals surface area contributed by atoms with Crippen molar-refractivity contribution >= 4 is 0 Å². The molecule has 2 aliphatic rings. The zero-order valence-electron chi connectivity index (χ0n) is 8.97. The van der Waals surface area contributed by atoms with E-state index in [1.807, 2.05) is 0 Å². The molecule has 13 heavy (non-hydrogen) atoms. The summed E-state index contributed by atoms with van der Waals surface area (Å²) in [6.07, 6.45) is 10.3. The summed E-state index contributed by atoms with van der Waals surface area (Å²) in [5.74, 6) is 1.04. The summed E-state index contributed by atoms with van der Waals surface area (Å²) >= 11 is 0. The molecule has 0 radical (unpaired) electrons. The van der Waals surface area contributed by atoms with Crippen LogP contribution in [0.25, 0.3) is 0 Å². The van der Waals surface area contributed by atoms with Crippen LogP contribution in [0.2, 0.25) is 0 Å². The molecule has 0 bridgehead atoms. The van der Waals surface area contributed by atoms with Crippen LogP contribution in [0, 0.1) is 5.92 Å². The second kappa shape index (κ2) is 4.45.